The molecule has 1 heterocycles. The van der Waals surface area contributed by atoms with E-state index in [1.54, 1.807) is 0 Å². The molecule has 148 valence electrons. The first-order valence-corrected chi connectivity index (χ1v) is 12.0. The SMILES string of the molecule is Cc1cccc(N2CCCCC2)c1C=NP(=O)(c1ccccc1)c1ccccc1. The van der Waals surface area contributed by atoms with Gasteiger partial charge in [0, 0.05) is 41.2 Å². The predicted octanol–water partition coefficient (Wildman–Crippen LogP) is 5.33. The molecule has 1 fully saturated rings. The summed E-state index contributed by atoms with van der Waals surface area (Å²) in [6, 6.07) is 25.6. The van der Waals surface area contributed by atoms with Crippen LogP contribution in [0, 0.1) is 6.92 Å². The quantitative estimate of drug-likeness (QED) is 0.427. The maximum atomic E-state index is 14.2. The first kappa shape index (κ1) is 19.7. The van der Waals surface area contributed by atoms with Crippen LogP contribution in [0.2, 0.25) is 0 Å². The van der Waals surface area contributed by atoms with Crippen LogP contribution in [0.5, 0.6) is 0 Å². The summed E-state index contributed by atoms with van der Waals surface area (Å²) in [5.41, 5.74) is 3.42. The molecule has 0 aromatic heterocycles. The molecule has 0 spiro atoms. The van der Waals surface area contributed by atoms with Gasteiger partial charge in [-0.05, 0) is 62.1 Å². The highest BCUT2D eigenvalue weighted by molar-refractivity contribution is 7.77. The van der Waals surface area contributed by atoms with Crippen molar-refractivity contribution in [1.82, 2.24) is 0 Å². The van der Waals surface area contributed by atoms with Crippen molar-refractivity contribution in [3.05, 3.63) is 90.0 Å². The van der Waals surface area contributed by atoms with Gasteiger partial charge in [0.25, 0.3) is 0 Å². The van der Waals surface area contributed by atoms with Crippen molar-refractivity contribution in [2.75, 3.05) is 18.0 Å². The molecule has 0 atom stereocenters. The van der Waals surface area contributed by atoms with Crippen molar-refractivity contribution < 1.29 is 4.57 Å². The summed E-state index contributed by atoms with van der Waals surface area (Å²) in [5, 5.41) is 1.52. The van der Waals surface area contributed by atoms with Gasteiger partial charge in [-0.15, -0.1) is 0 Å². The number of hydrogen-bond donors (Lipinski definition) is 0. The van der Waals surface area contributed by atoms with E-state index in [0.29, 0.717) is 0 Å². The van der Waals surface area contributed by atoms with E-state index in [9.17, 15) is 4.57 Å². The molecule has 0 N–H and O–H groups in total. The van der Waals surface area contributed by atoms with Crippen LogP contribution < -0.4 is 15.5 Å². The van der Waals surface area contributed by atoms with Crippen molar-refractivity contribution in [1.29, 1.82) is 0 Å². The Kier molecular flexibility index (Phi) is 5.97. The van der Waals surface area contributed by atoms with Gasteiger partial charge in [0.1, 0.15) is 0 Å². The van der Waals surface area contributed by atoms with Crippen LogP contribution in [0.4, 0.5) is 5.69 Å². The van der Waals surface area contributed by atoms with Crippen LogP contribution in [0.15, 0.2) is 83.6 Å². The van der Waals surface area contributed by atoms with Crippen molar-refractivity contribution in [2.45, 2.75) is 26.2 Å². The van der Waals surface area contributed by atoms with Crippen LogP contribution in [-0.2, 0) is 4.57 Å². The van der Waals surface area contributed by atoms with Gasteiger partial charge in [0.05, 0.1) is 0 Å². The van der Waals surface area contributed by atoms with Gasteiger partial charge < -0.3 is 4.90 Å². The maximum absolute atomic E-state index is 14.2. The molecule has 4 rings (SSSR count). The Balaban J connectivity index is 1.79. The molecule has 0 saturated carbocycles. The molecule has 3 aromatic rings. The molecule has 0 radical (unpaired) electrons. The lowest BCUT2D eigenvalue weighted by Crippen LogP contribution is -2.30. The second-order valence-corrected chi connectivity index (χ2v) is 9.96. The first-order chi connectivity index (χ1) is 14.2. The summed E-state index contributed by atoms with van der Waals surface area (Å²) in [5.74, 6) is 0. The van der Waals surface area contributed by atoms with Crippen molar-refractivity contribution in [3.8, 4) is 0 Å². The minimum absolute atomic E-state index is 0.760. The average Bonchev–Trinajstić information content (AvgIpc) is 2.79. The number of hydrogen-bond acceptors (Lipinski definition) is 2. The van der Waals surface area contributed by atoms with E-state index in [1.165, 1.54) is 24.9 Å². The minimum atomic E-state index is -3.12. The number of anilines is 1. The lowest BCUT2D eigenvalue weighted by atomic mass is 10.0. The molecule has 3 aromatic carbocycles. The summed E-state index contributed by atoms with van der Waals surface area (Å²) < 4.78 is 19.0. The molecule has 1 aliphatic rings. The Morgan fingerprint density at radius 2 is 1.38 bits per heavy atom. The monoisotopic (exact) mass is 402 g/mol. The highest BCUT2D eigenvalue weighted by Gasteiger charge is 2.26. The van der Waals surface area contributed by atoms with Gasteiger partial charge >= 0.3 is 0 Å². The summed E-state index contributed by atoms with van der Waals surface area (Å²) in [6.45, 7) is 4.24. The zero-order chi connectivity index (χ0) is 20.1. The van der Waals surface area contributed by atoms with Crippen LogP contribution in [0.25, 0.3) is 0 Å². The summed E-state index contributed by atoms with van der Waals surface area (Å²) >= 11 is 0. The predicted molar refractivity (Wildman–Crippen MR) is 125 cm³/mol. The summed E-state index contributed by atoms with van der Waals surface area (Å²) in [7, 11) is -3.12. The Labute approximate surface area is 173 Å². The van der Waals surface area contributed by atoms with E-state index in [-0.39, 0.29) is 0 Å². The molecule has 29 heavy (non-hydrogen) atoms. The van der Waals surface area contributed by atoms with Gasteiger partial charge in [-0.1, -0.05) is 48.5 Å². The van der Waals surface area contributed by atoms with Crippen LogP contribution in [-0.4, -0.2) is 19.3 Å². The molecule has 0 amide bonds. The van der Waals surface area contributed by atoms with Gasteiger partial charge in [-0.2, -0.15) is 0 Å². The fraction of sp³-hybridized carbons (Fsp3) is 0.240. The molecule has 1 saturated heterocycles. The topological polar surface area (TPSA) is 32.7 Å². The normalized spacial score (nSPS) is 15.0. The zero-order valence-corrected chi connectivity index (χ0v) is 17.8. The smallest absolute Gasteiger partial charge is 0.247 e. The molecular weight excluding hydrogens is 375 g/mol. The third-order valence-electron chi connectivity index (χ3n) is 5.56. The lowest BCUT2D eigenvalue weighted by Gasteiger charge is -2.30. The highest BCUT2D eigenvalue weighted by Crippen LogP contribution is 2.45. The highest BCUT2D eigenvalue weighted by atomic mass is 31.2. The zero-order valence-electron chi connectivity index (χ0n) is 16.9. The fourth-order valence-electron chi connectivity index (χ4n) is 3.93. The number of aryl methyl sites for hydroxylation is 1. The Morgan fingerprint density at radius 1 is 0.793 bits per heavy atom. The third kappa shape index (κ3) is 4.21. The lowest BCUT2D eigenvalue weighted by molar-refractivity contribution is 0.577. The largest absolute Gasteiger partial charge is 0.371 e. The van der Waals surface area contributed by atoms with Crippen molar-refractivity contribution in [2.24, 2.45) is 4.76 Å². The minimum Gasteiger partial charge on any atom is -0.371 e. The van der Waals surface area contributed by atoms with E-state index in [4.69, 9.17) is 4.76 Å². The Morgan fingerprint density at radius 3 is 1.97 bits per heavy atom. The van der Waals surface area contributed by atoms with E-state index in [0.717, 1.165) is 34.8 Å². The first-order valence-electron chi connectivity index (χ1n) is 10.3. The third-order valence-corrected chi connectivity index (χ3v) is 8.00. The number of rotatable bonds is 5. The van der Waals surface area contributed by atoms with Gasteiger partial charge in [-0.3, -0.25) is 4.57 Å². The van der Waals surface area contributed by atoms with Crippen molar-refractivity contribution in [3.63, 3.8) is 0 Å². The Hall–Kier alpha value is -2.64. The van der Waals surface area contributed by atoms with E-state index in [2.05, 4.69) is 30.0 Å². The Bertz CT molecular complexity index is 982. The maximum Gasteiger partial charge on any atom is 0.247 e. The van der Waals surface area contributed by atoms with Gasteiger partial charge in [0.15, 0.2) is 0 Å². The standard InChI is InChI=1S/C25H27N2OP/c1-21-12-11-17-25(27-18-9-4-10-19-27)24(21)20-26-29(28,22-13-5-2-6-14-22)23-15-7-3-8-16-23/h2-3,5-8,11-17,20H,4,9-10,18-19H2,1H3. The second kappa shape index (κ2) is 8.80. The molecule has 3 nitrogen and oxygen atoms in total. The van der Waals surface area contributed by atoms with Crippen molar-refractivity contribution >= 4 is 29.8 Å². The van der Waals surface area contributed by atoms with Gasteiger partial charge in [-0.25, -0.2) is 4.76 Å². The number of piperidine rings is 1. The fourth-order valence-corrected chi connectivity index (χ4v) is 5.92. The van der Waals surface area contributed by atoms with Gasteiger partial charge in [0.2, 0.25) is 7.29 Å². The van der Waals surface area contributed by atoms with Crippen LogP contribution in [0.1, 0.15) is 30.4 Å². The number of nitrogens with zero attached hydrogens (tertiary/aromatic N) is 2. The molecule has 0 bridgehead atoms. The second-order valence-electron chi connectivity index (χ2n) is 7.55. The summed E-state index contributed by atoms with van der Waals surface area (Å²) in [6.07, 6.45) is 5.58. The molecular formula is C25H27N2OP. The average molecular weight is 402 g/mol. The number of benzene rings is 3. The van der Waals surface area contributed by atoms with E-state index in [1.807, 2.05) is 66.9 Å². The molecule has 1 aliphatic heterocycles. The molecule has 4 heteroatoms. The summed E-state index contributed by atoms with van der Waals surface area (Å²) in [4.78, 5) is 2.44. The van der Waals surface area contributed by atoms with E-state index >= 15 is 0 Å². The van der Waals surface area contributed by atoms with E-state index < -0.39 is 7.29 Å². The molecule has 0 unspecified atom stereocenters. The van der Waals surface area contributed by atoms with Crippen LogP contribution >= 0.6 is 7.29 Å². The van der Waals surface area contributed by atoms with Crippen LogP contribution in [0.3, 0.4) is 0 Å². The molecule has 0 aliphatic carbocycles.